The first-order valence-corrected chi connectivity index (χ1v) is 27.7. The van der Waals surface area contributed by atoms with Crippen molar-refractivity contribution in [2.75, 3.05) is 40.5 Å². The molecule has 27 heteroatoms. The van der Waals surface area contributed by atoms with Crippen LogP contribution in [0.1, 0.15) is 98.6 Å². The first-order valence-electron chi connectivity index (χ1n) is 23.6. The molecule has 0 aliphatic rings. The smallest absolute Gasteiger partial charge is 0.305 e. The van der Waals surface area contributed by atoms with E-state index in [1.54, 1.807) is 52.9 Å². The number of aryl methyl sites for hydroxylation is 4. The van der Waals surface area contributed by atoms with Gasteiger partial charge in [-0.2, -0.15) is 0 Å². The van der Waals surface area contributed by atoms with E-state index < -0.39 is 0 Å². The summed E-state index contributed by atoms with van der Waals surface area (Å²) >= 11 is 9.23. The van der Waals surface area contributed by atoms with Crippen molar-refractivity contribution in [1.82, 2.24) is 66.2 Å². The molecule has 0 saturated carbocycles. The number of hydrogen-bond donors (Lipinski definition) is 4. The number of carbonyl (C=O) groups is 2. The van der Waals surface area contributed by atoms with Gasteiger partial charge in [-0.05, 0) is 125 Å². The third-order valence-electron chi connectivity index (χ3n) is 9.42. The van der Waals surface area contributed by atoms with Crippen LogP contribution in [0.3, 0.4) is 0 Å². The van der Waals surface area contributed by atoms with E-state index in [4.69, 9.17) is 15.7 Å². The number of hydroxylamine groups is 1. The Morgan fingerprint density at radius 2 is 1.07 bits per heavy atom. The van der Waals surface area contributed by atoms with E-state index in [2.05, 4.69) is 91.8 Å². The molecule has 8 rings (SSSR count). The fourth-order valence-corrected chi connectivity index (χ4v) is 8.85. The first-order chi connectivity index (χ1) is 35.9. The number of hydrogen-bond acceptors (Lipinski definition) is 24. The molecule has 0 radical (unpaired) electrons. The molecule has 8 aromatic rings. The predicted molar refractivity (Wildman–Crippen MR) is 320 cm³/mol. The highest BCUT2D eigenvalue weighted by molar-refractivity contribution is 14.0. The van der Waals surface area contributed by atoms with Crippen molar-refractivity contribution in [2.45, 2.75) is 106 Å². The van der Waals surface area contributed by atoms with Crippen molar-refractivity contribution in [3.63, 3.8) is 0 Å². The molecule has 0 aromatic carbocycles. The van der Waals surface area contributed by atoms with Gasteiger partial charge in [0.1, 0.15) is 42.1 Å². The summed E-state index contributed by atoms with van der Waals surface area (Å²) in [6.45, 7) is 11.6. The number of anilines is 7. The second-order valence-corrected chi connectivity index (χ2v) is 20.9. The molecule has 0 saturated heterocycles. The molecular formula is C49H67BrIN17O4S4. The van der Waals surface area contributed by atoms with Crippen molar-refractivity contribution >= 4 is 135 Å². The highest BCUT2D eigenvalue weighted by Crippen LogP contribution is 2.28. The van der Waals surface area contributed by atoms with Crippen LogP contribution in [-0.4, -0.2) is 97.5 Å². The molecule has 76 heavy (non-hydrogen) atoms. The number of unbranched alkanes of at least 4 members (excludes halogenated alkanes) is 6. The number of nitrogens with zero attached hydrogens (tertiary/aromatic N) is 14. The summed E-state index contributed by atoms with van der Waals surface area (Å²) < 4.78 is 5.82. The van der Waals surface area contributed by atoms with Crippen LogP contribution in [0.2, 0.25) is 0 Å². The summed E-state index contributed by atoms with van der Waals surface area (Å²) in [5.74, 6) is 2.11. The van der Waals surface area contributed by atoms with Crippen molar-refractivity contribution in [2.24, 2.45) is 0 Å². The third kappa shape index (κ3) is 27.8. The lowest BCUT2D eigenvalue weighted by Crippen LogP contribution is -2.19. The molecular weight excluding hydrogens is 1230 g/mol. The summed E-state index contributed by atoms with van der Waals surface area (Å²) in [6, 6.07) is 23.0. The molecule has 0 bridgehead atoms. The van der Waals surface area contributed by atoms with Crippen molar-refractivity contribution in [3.8, 4) is 0 Å². The standard InChI is InChI=1S/C17H24N4O2S.C15H21N5O2S.C8H8N4S.C5H4BrN.C3H5N3S.CH4.HI/c1-3-23-16(22)11-6-4-5-9-13-21(15-10-7-8-12-18-15)17-20-19-14(2)24-17;1-12-17-18-15(23-12)20(13-8-5-6-10-16-13)11-7-3-2-4-9-14(21)19-22;1-6-11-12-8(13-6)10-7-4-2-3-5-9-7;6-5-3-1-2-4-7-5;1-2-5-6-3(4)7-2;;/h7-8,10,12H,3-6,9,11,13H2,1-2H3;5-6,8,10,22H,2-4,7,9,11H2,1H3,(H,19,21);2-5H,1H3,(H,9,10,12);1-4H;1H3,(H2,4,6);1H4;1H. The number of halogens is 2. The first kappa shape index (κ1) is 66.3. The maximum Gasteiger partial charge on any atom is 0.305 e. The van der Waals surface area contributed by atoms with Gasteiger partial charge in [0, 0.05) is 50.7 Å². The fraction of sp³-hybridized carbons (Fsp3) is 0.388. The van der Waals surface area contributed by atoms with E-state index >= 15 is 0 Å². The van der Waals surface area contributed by atoms with Gasteiger partial charge in [0.05, 0.1) is 6.61 Å². The van der Waals surface area contributed by atoms with Gasteiger partial charge in [-0.3, -0.25) is 14.8 Å². The Bertz CT molecular complexity index is 2710. The predicted octanol–water partition coefficient (Wildman–Crippen LogP) is 12.2. The van der Waals surface area contributed by atoms with Gasteiger partial charge in [-0.15, -0.1) is 64.8 Å². The van der Waals surface area contributed by atoms with Crippen molar-refractivity contribution in [1.29, 1.82) is 0 Å². The van der Waals surface area contributed by atoms with E-state index in [0.717, 1.165) is 122 Å². The molecule has 8 heterocycles. The second-order valence-electron chi connectivity index (χ2n) is 15.3. The average molecular weight is 1290 g/mol. The number of amides is 1. The minimum absolute atomic E-state index is 0. The minimum Gasteiger partial charge on any atom is -0.466 e. The highest BCUT2D eigenvalue weighted by atomic mass is 127. The van der Waals surface area contributed by atoms with Crippen LogP contribution in [-0.2, 0) is 14.3 Å². The normalized spacial score (nSPS) is 9.88. The number of ether oxygens (including phenoxy) is 1. The summed E-state index contributed by atoms with van der Waals surface area (Å²) in [5.41, 5.74) is 6.87. The number of nitrogens with one attached hydrogen (secondary N) is 2. The van der Waals surface area contributed by atoms with Gasteiger partial charge in [-0.25, -0.2) is 25.4 Å². The van der Waals surface area contributed by atoms with Crippen LogP contribution in [0.5, 0.6) is 0 Å². The zero-order valence-corrected chi connectivity index (χ0v) is 49.5. The fourth-order valence-electron chi connectivity index (χ4n) is 6.07. The maximum atomic E-state index is 11.3. The molecule has 0 spiro atoms. The SMILES string of the molecule is Brc1ccccn1.C.CCOC(=O)CCCCCCN(c1ccccn1)c1nnc(C)s1.Cc1nnc(N(CCCCCCC(=O)NO)c2ccccn2)s1.Cc1nnc(N)s1.Cc1nnc(Nc2ccccn2)s1.I. The number of nitrogens with two attached hydrogens (primary N) is 1. The minimum atomic E-state index is -0.329. The van der Waals surface area contributed by atoms with Gasteiger partial charge in [0.2, 0.25) is 26.4 Å². The molecule has 5 N–H and O–H groups in total. The third-order valence-corrected chi connectivity index (χ3v) is 13.0. The van der Waals surface area contributed by atoms with Gasteiger partial charge >= 0.3 is 5.97 Å². The quantitative estimate of drug-likeness (QED) is 0.0130. The van der Waals surface area contributed by atoms with E-state index in [-0.39, 0.29) is 43.3 Å². The molecule has 0 fully saturated rings. The second kappa shape index (κ2) is 39.5. The number of nitrogen functional groups attached to an aromatic ring is 1. The summed E-state index contributed by atoms with van der Waals surface area (Å²) in [6.07, 6.45) is 15.5. The number of esters is 1. The lowest BCUT2D eigenvalue weighted by Gasteiger charge is -2.20. The maximum absolute atomic E-state index is 11.3. The topological polar surface area (TPSA) is 275 Å². The van der Waals surface area contributed by atoms with Crippen LogP contribution in [0.15, 0.2) is 102 Å². The summed E-state index contributed by atoms with van der Waals surface area (Å²) in [4.78, 5) is 43.3. The summed E-state index contributed by atoms with van der Waals surface area (Å²) in [7, 11) is 0. The molecule has 410 valence electrons. The van der Waals surface area contributed by atoms with Crippen LogP contribution >= 0.6 is 85.3 Å². The average Bonchev–Trinajstić information content (AvgIpc) is 4.24. The van der Waals surface area contributed by atoms with Gasteiger partial charge < -0.3 is 25.6 Å². The summed E-state index contributed by atoms with van der Waals surface area (Å²) in [5, 5.41) is 49.9. The molecule has 0 atom stereocenters. The van der Waals surface area contributed by atoms with E-state index in [9.17, 15) is 9.59 Å². The Hall–Kier alpha value is -5.85. The Kier molecular flexibility index (Phi) is 34.5. The monoisotopic (exact) mass is 1290 g/mol. The Morgan fingerprint density at radius 1 is 0.592 bits per heavy atom. The molecule has 0 unspecified atom stereocenters. The number of rotatable bonds is 21. The largest absolute Gasteiger partial charge is 0.466 e. The van der Waals surface area contributed by atoms with Gasteiger partial charge in [-0.1, -0.05) is 103 Å². The Labute approximate surface area is 486 Å². The lowest BCUT2D eigenvalue weighted by atomic mass is 10.1. The van der Waals surface area contributed by atoms with Crippen LogP contribution in [0.4, 0.5) is 38.0 Å². The van der Waals surface area contributed by atoms with Crippen molar-refractivity contribution in [3.05, 3.63) is 122 Å². The molecule has 0 aliphatic heterocycles. The molecule has 1 amide bonds. The van der Waals surface area contributed by atoms with Crippen LogP contribution < -0.4 is 26.3 Å². The number of aromatic nitrogens is 12. The van der Waals surface area contributed by atoms with Gasteiger partial charge in [0.15, 0.2) is 0 Å². The van der Waals surface area contributed by atoms with Crippen LogP contribution in [0.25, 0.3) is 0 Å². The Morgan fingerprint density at radius 3 is 1.43 bits per heavy atom. The molecule has 0 aliphatic carbocycles. The van der Waals surface area contributed by atoms with Gasteiger partial charge in [0.25, 0.3) is 0 Å². The van der Waals surface area contributed by atoms with Crippen molar-refractivity contribution < 1.29 is 19.5 Å². The molecule has 21 nitrogen and oxygen atoms in total. The number of carbonyl (C=O) groups excluding carboxylic acids is 2. The Balaban J connectivity index is 0.000000349. The highest BCUT2D eigenvalue weighted by Gasteiger charge is 2.16. The van der Waals surface area contributed by atoms with Crippen LogP contribution in [0, 0.1) is 27.7 Å². The van der Waals surface area contributed by atoms with E-state index in [1.165, 1.54) is 22.7 Å². The van der Waals surface area contributed by atoms with E-state index in [1.807, 2.05) is 107 Å². The number of pyridine rings is 4. The molecule has 8 aromatic heterocycles. The lowest BCUT2D eigenvalue weighted by molar-refractivity contribution is -0.143. The van der Waals surface area contributed by atoms with E-state index in [0.29, 0.717) is 24.6 Å². The zero-order chi connectivity index (χ0) is 53.2. The zero-order valence-electron chi connectivity index (χ0n) is 42.4.